The van der Waals surface area contributed by atoms with E-state index in [0.717, 1.165) is 26.9 Å². The minimum atomic E-state index is -0.259. The third-order valence-electron chi connectivity index (χ3n) is 3.72. The van der Waals surface area contributed by atoms with Crippen molar-refractivity contribution in [1.29, 1.82) is 0 Å². The van der Waals surface area contributed by atoms with Crippen LogP contribution in [0.15, 0.2) is 53.3 Å². The first-order valence-corrected chi connectivity index (χ1v) is 8.52. The maximum absolute atomic E-state index is 12.4. The number of rotatable bonds is 4. The van der Waals surface area contributed by atoms with Gasteiger partial charge in [-0.15, -0.1) is 11.3 Å². The molecule has 0 radical (unpaired) electrons. The Kier molecular flexibility index (Phi) is 3.99. The molecule has 0 fully saturated rings. The highest BCUT2D eigenvalue weighted by Gasteiger charge is 2.14. The highest BCUT2D eigenvalue weighted by molar-refractivity contribution is 7.15. The molecule has 4 aromatic rings. The number of aromatic nitrogens is 3. The van der Waals surface area contributed by atoms with Gasteiger partial charge in [-0.05, 0) is 31.2 Å². The topological polar surface area (TPSA) is 80.9 Å². The minimum Gasteiger partial charge on any atom is -0.462 e. The minimum absolute atomic E-state index is 0.259. The summed E-state index contributed by atoms with van der Waals surface area (Å²) in [5.74, 6) is 0.469. The Balaban J connectivity index is 1.49. The number of fused-ring (bicyclic) bond motifs is 1. The zero-order chi connectivity index (χ0) is 17.2. The molecule has 0 aliphatic rings. The molecule has 0 saturated heterocycles. The van der Waals surface area contributed by atoms with Crippen LogP contribution in [-0.2, 0) is 6.54 Å². The number of thiazole rings is 1. The molecule has 0 saturated carbocycles. The van der Waals surface area contributed by atoms with Crippen LogP contribution in [0, 0.1) is 6.92 Å². The van der Waals surface area contributed by atoms with Crippen molar-refractivity contribution >= 4 is 28.3 Å². The van der Waals surface area contributed by atoms with Gasteiger partial charge in [-0.25, -0.2) is 9.97 Å². The first-order chi connectivity index (χ1) is 12.2. The fourth-order valence-corrected chi connectivity index (χ4v) is 3.39. The molecule has 0 spiro atoms. The lowest BCUT2D eigenvalue weighted by Gasteiger charge is -2.04. The molecular weight excluding hydrogens is 336 g/mol. The van der Waals surface area contributed by atoms with Crippen LogP contribution in [-0.4, -0.2) is 20.9 Å². The molecule has 3 aromatic heterocycles. The summed E-state index contributed by atoms with van der Waals surface area (Å²) in [5, 5.41) is 3.68. The van der Waals surface area contributed by atoms with Crippen LogP contribution in [0.3, 0.4) is 0 Å². The molecule has 3 heterocycles. The molecule has 1 aromatic carbocycles. The van der Waals surface area contributed by atoms with Crippen molar-refractivity contribution in [3.05, 3.63) is 65.1 Å². The summed E-state index contributed by atoms with van der Waals surface area (Å²) in [6.07, 6.45) is 3.11. The lowest BCUT2D eigenvalue weighted by Crippen LogP contribution is -2.23. The number of para-hydroxylation sites is 2. The van der Waals surface area contributed by atoms with E-state index in [0.29, 0.717) is 17.8 Å². The van der Waals surface area contributed by atoms with Gasteiger partial charge in [-0.1, -0.05) is 12.1 Å². The molecule has 25 heavy (non-hydrogen) atoms. The molecule has 124 valence electrons. The number of nitrogens with zero attached hydrogens (tertiary/aromatic N) is 3. The lowest BCUT2D eigenvalue weighted by molar-refractivity contribution is 0.0946. The van der Waals surface area contributed by atoms with E-state index in [-0.39, 0.29) is 5.91 Å². The maximum atomic E-state index is 12.4. The number of aryl methyl sites for hydroxylation is 1. The molecule has 0 atom stereocenters. The molecule has 1 N–H and O–H groups in total. The molecule has 6 nitrogen and oxygen atoms in total. The van der Waals surface area contributed by atoms with Gasteiger partial charge >= 0.3 is 0 Å². The summed E-state index contributed by atoms with van der Waals surface area (Å²) in [4.78, 5) is 26.5. The molecule has 0 aliphatic heterocycles. The summed E-state index contributed by atoms with van der Waals surface area (Å²) < 4.78 is 5.37. The van der Waals surface area contributed by atoms with Crippen molar-refractivity contribution in [2.45, 2.75) is 13.5 Å². The molecule has 0 aliphatic carbocycles. The van der Waals surface area contributed by atoms with Crippen molar-refractivity contribution in [2.24, 2.45) is 0 Å². The van der Waals surface area contributed by atoms with E-state index in [4.69, 9.17) is 4.42 Å². The van der Waals surface area contributed by atoms with Crippen molar-refractivity contribution < 1.29 is 9.21 Å². The predicted molar refractivity (Wildman–Crippen MR) is 95.3 cm³/mol. The van der Waals surface area contributed by atoms with Gasteiger partial charge in [0.05, 0.1) is 35.7 Å². The summed E-state index contributed by atoms with van der Waals surface area (Å²) in [5.41, 5.74) is 2.64. The maximum Gasteiger partial charge on any atom is 0.271 e. The van der Waals surface area contributed by atoms with Crippen LogP contribution in [0.2, 0.25) is 0 Å². The normalized spacial score (nSPS) is 10.9. The van der Waals surface area contributed by atoms with Crippen molar-refractivity contribution in [1.82, 2.24) is 20.3 Å². The first-order valence-electron chi connectivity index (χ1n) is 7.71. The number of benzene rings is 1. The van der Waals surface area contributed by atoms with Crippen molar-refractivity contribution in [3.63, 3.8) is 0 Å². The van der Waals surface area contributed by atoms with E-state index < -0.39 is 0 Å². The van der Waals surface area contributed by atoms with Crippen LogP contribution in [0.5, 0.6) is 0 Å². The molecule has 0 unspecified atom stereocenters. The molecule has 7 heteroatoms. The van der Waals surface area contributed by atoms with Crippen molar-refractivity contribution in [3.8, 4) is 10.8 Å². The average Bonchev–Trinajstić information content (AvgIpc) is 3.29. The third kappa shape index (κ3) is 3.14. The fraction of sp³-hybridized carbons (Fsp3) is 0.111. The van der Waals surface area contributed by atoms with Crippen LogP contribution in [0.25, 0.3) is 21.8 Å². The predicted octanol–water partition coefficient (Wildman–Crippen LogP) is 3.58. The number of hydrogen-bond donors (Lipinski definition) is 1. The zero-order valence-electron chi connectivity index (χ0n) is 13.4. The second kappa shape index (κ2) is 6.45. The smallest absolute Gasteiger partial charge is 0.271 e. The number of carbonyl (C=O) groups excluding carboxylic acids is 1. The van der Waals surface area contributed by atoms with Crippen LogP contribution in [0.1, 0.15) is 21.1 Å². The van der Waals surface area contributed by atoms with Crippen molar-refractivity contribution in [2.75, 3.05) is 0 Å². The molecular formula is C18H14N4O2S. The SMILES string of the molecule is Cc1nc(-c2ccco2)sc1CNC(=O)c1cnc2ccccc2n1. The second-order valence-electron chi connectivity index (χ2n) is 5.43. The third-order valence-corrected chi connectivity index (χ3v) is 4.89. The van der Waals surface area contributed by atoms with Gasteiger partial charge in [-0.3, -0.25) is 9.78 Å². The standard InChI is InChI=1S/C18H14N4O2S/c1-11-16(25-18(21-11)15-7-4-8-24-15)10-20-17(23)14-9-19-12-5-2-3-6-13(12)22-14/h2-9H,10H2,1H3,(H,20,23). The zero-order valence-corrected chi connectivity index (χ0v) is 14.2. The first kappa shape index (κ1) is 15.5. The van der Waals surface area contributed by atoms with Gasteiger partial charge < -0.3 is 9.73 Å². The van der Waals surface area contributed by atoms with Gasteiger partial charge in [0.15, 0.2) is 10.8 Å². The number of amides is 1. The largest absolute Gasteiger partial charge is 0.462 e. The number of furan rings is 1. The van der Waals surface area contributed by atoms with Gasteiger partial charge in [0, 0.05) is 4.88 Å². The highest BCUT2D eigenvalue weighted by atomic mass is 32.1. The Bertz CT molecular complexity index is 1040. The van der Waals surface area contributed by atoms with Gasteiger partial charge in [0.1, 0.15) is 5.69 Å². The Morgan fingerprint density at radius 2 is 2.00 bits per heavy atom. The number of nitrogens with one attached hydrogen (secondary N) is 1. The van der Waals surface area contributed by atoms with E-state index in [1.807, 2.05) is 43.3 Å². The second-order valence-corrected chi connectivity index (χ2v) is 6.52. The monoisotopic (exact) mass is 350 g/mol. The molecule has 0 bridgehead atoms. The Morgan fingerprint density at radius 1 is 1.16 bits per heavy atom. The quantitative estimate of drug-likeness (QED) is 0.608. The number of hydrogen-bond acceptors (Lipinski definition) is 6. The van der Waals surface area contributed by atoms with Gasteiger partial charge in [0.2, 0.25) is 0 Å². The Morgan fingerprint density at radius 3 is 2.80 bits per heavy atom. The van der Waals surface area contributed by atoms with E-state index >= 15 is 0 Å². The van der Waals surface area contributed by atoms with Crippen LogP contribution in [0.4, 0.5) is 0 Å². The summed E-state index contributed by atoms with van der Waals surface area (Å²) in [6, 6.07) is 11.1. The Labute approximate surface area is 147 Å². The summed E-state index contributed by atoms with van der Waals surface area (Å²) in [7, 11) is 0. The van der Waals surface area contributed by atoms with E-state index in [9.17, 15) is 4.79 Å². The number of carbonyl (C=O) groups is 1. The van der Waals surface area contributed by atoms with Crippen LogP contribution < -0.4 is 5.32 Å². The van der Waals surface area contributed by atoms with E-state index in [1.54, 1.807) is 6.26 Å². The summed E-state index contributed by atoms with van der Waals surface area (Å²) >= 11 is 1.50. The fourth-order valence-electron chi connectivity index (χ4n) is 2.42. The van der Waals surface area contributed by atoms with Gasteiger partial charge in [0.25, 0.3) is 5.91 Å². The van der Waals surface area contributed by atoms with E-state index in [2.05, 4.69) is 20.3 Å². The highest BCUT2D eigenvalue weighted by Crippen LogP contribution is 2.28. The molecule has 4 rings (SSSR count). The lowest BCUT2D eigenvalue weighted by atomic mass is 10.3. The van der Waals surface area contributed by atoms with Gasteiger partial charge in [-0.2, -0.15) is 0 Å². The van der Waals surface area contributed by atoms with E-state index in [1.165, 1.54) is 17.5 Å². The van der Waals surface area contributed by atoms with Crippen LogP contribution >= 0.6 is 11.3 Å². The average molecular weight is 350 g/mol. The molecule has 1 amide bonds. The summed E-state index contributed by atoms with van der Waals surface area (Å²) in [6.45, 7) is 2.30. The Hall–Kier alpha value is -3.06.